The van der Waals surface area contributed by atoms with Crippen LogP contribution in [0, 0.1) is 0 Å². The lowest BCUT2D eigenvalue weighted by Crippen LogP contribution is -2.35. The Morgan fingerprint density at radius 1 is 1.45 bits per heavy atom. The highest BCUT2D eigenvalue weighted by Gasteiger charge is 2.13. The van der Waals surface area contributed by atoms with Crippen LogP contribution in [0.5, 0.6) is 5.75 Å². The maximum Gasteiger partial charge on any atom is 0.337 e. The Bertz CT molecular complexity index is 514. The fourth-order valence-corrected chi connectivity index (χ4v) is 1.55. The van der Waals surface area contributed by atoms with Gasteiger partial charge in [0.2, 0.25) is 0 Å². The van der Waals surface area contributed by atoms with E-state index in [4.69, 9.17) is 9.84 Å². The number of rotatable bonds is 7. The highest BCUT2D eigenvalue weighted by Crippen LogP contribution is 2.11. The predicted octanol–water partition coefficient (Wildman–Crippen LogP) is 1.58. The van der Waals surface area contributed by atoms with Crippen LogP contribution in [0.4, 0.5) is 0 Å². The molecule has 0 unspecified atom stereocenters. The smallest absolute Gasteiger partial charge is 0.337 e. The van der Waals surface area contributed by atoms with E-state index in [0.717, 1.165) is 5.57 Å². The Morgan fingerprint density at radius 3 is 2.70 bits per heavy atom. The number of carbonyl (C=O) groups excluding carboxylic acids is 1. The van der Waals surface area contributed by atoms with Gasteiger partial charge < -0.3 is 14.7 Å². The van der Waals surface area contributed by atoms with Crippen molar-refractivity contribution in [2.45, 2.75) is 13.8 Å². The van der Waals surface area contributed by atoms with Gasteiger partial charge in [0.15, 0.2) is 6.61 Å². The highest BCUT2D eigenvalue weighted by molar-refractivity contribution is 5.87. The van der Waals surface area contributed by atoms with Gasteiger partial charge in [0.25, 0.3) is 5.91 Å². The number of amides is 1. The molecule has 1 heterocycles. The van der Waals surface area contributed by atoms with Crippen LogP contribution >= 0.6 is 0 Å². The number of nitrogens with zero attached hydrogens (tertiary/aromatic N) is 2. The lowest BCUT2D eigenvalue weighted by molar-refractivity contribution is -0.132. The van der Waals surface area contributed by atoms with Crippen molar-refractivity contribution in [1.82, 2.24) is 9.88 Å². The van der Waals surface area contributed by atoms with Crippen molar-refractivity contribution >= 4 is 11.9 Å². The molecule has 0 saturated carbocycles. The van der Waals surface area contributed by atoms with E-state index >= 15 is 0 Å². The van der Waals surface area contributed by atoms with Crippen LogP contribution in [0.3, 0.4) is 0 Å². The van der Waals surface area contributed by atoms with Crippen molar-refractivity contribution in [2.24, 2.45) is 0 Å². The second-order valence-electron chi connectivity index (χ2n) is 4.37. The Hall–Kier alpha value is -2.37. The van der Waals surface area contributed by atoms with Crippen molar-refractivity contribution in [3.05, 3.63) is 36.2 Å². The lowest BCUT2D eigenvalue weighted by Gasteiger charge is -2.20. The van der Waals surface area contributed by atoms with Crippen LogP contribution in [-0.2, 0) is 4.79 Å². The van der Waals surface area contributed by atoms with Crippen molar-refractivity contribution < 1.29 is 19.4 Å². The molecule has 0 aliphatic rings. The highest BCUT2D eigenvalue weighted by atomic mass is 16.5. The molecule has 1 aromatic rings. The van der Waals surface area contributed by atoms with Crippen molar-refractivity contribution in [3.63, 3.8) is 0 Å². The van der Waals surface area contributed by atoms with Gasteiger partial charge in [0, 0.05) is 19.3 Å². The van der Waals surface area contributed by atoms with E-state index in [1.165, 1.54) is 18.5 Å². The summed E-state index contributed by atoms with van der Waals surface area (Å²) in [6, 6.07) is 1.33. The lowest BCUT2D eigenvalue weighted by atomic mass is 10.3. The summed E-state index contributed by atoms with van der Waals surface area (Å²) in [5.74, 6) is -1.02. The van der Waals surface area contributed by atoms with Gasteiger partial charge in [-0.15, -0.1) is 0 Å². The van der Waals surface area contributed by atoms with Crippen molar-refractivity contribution in [3.8, 4) is 5.75 Å². The number of carbonyl (C=O) groups is 2. The molecule has 1 rings (SSSR count). The molecule has 0 atom stereocenters. The Kier molecular flexibility index (Phi) is 5.71. The molecular formula is C14H18N2O4. The zero-order chi connectivity index (χ0) is 15.1. The molecule has 0 spiro atoms. The molecule has 0 aliphatic heterocycles. The van der Waals surface area contributed by atoms with Gasteiger partial charge >= 0.3 is 5.97 Å². The molecule has 20 heavy (non-hydrogen) atoms. The van der Waals surface area contributed by atoms with E-state index in [-0.39, 0.29) is 23.8 Å². The summed E-state index contributed by atoms with van der Waals surface area (Å²) in [5.41, 5.74) is 0.902. The number of carboxylic acid groups (broad SMARTS) is 1. The number of aromatic nitrogens is 1. The molecule has 6 nitrogen and oxygen atoms in total. The summed E-state index contributed by atoms with van der Waals surface area (Å²) in [7, 11) is 0. The molecule has 0 aromatic carbocycles. The second-order valence-corrected chi connectivity index (χ2v) is 4.37. The predicted molar refractivity (Wildman–Crippen MR) is 73.8 cm³/mol. The first-order chi connectivity index (χ1) is 9.43. The summed E-state index contributed by atoms with van der Waals surface area (Å²) in [4.78, 5) is 28.1. The standard InChI is InChI=1S/C14H18N2O4/c1-4-16(8-10(2)3)13(17)9-20-12-5-11(14(18)19)6-15-7-12/h5-7H,2,4,8-9H2,1,3H3,(H,18,19). The SMILES string of the molecule is C=C(C)CN(CC)C(=O)COc1cncc(C(=O)O)c1. The molecular weight excluding hydrogens is 260 g/mol. The molecule has 0 aliphatic carbocycles. The number of carboxylic acids is 1. The van der Waals surface area contributed by atoms with E-state index in [2.05, 4.69) is 11.6 Å². The minimum atomic E-state index is -1.09. The van der Waals surface area contributed by atoms with Crippen molar-refractivity contribution in [2.75, 3.05) is 19.7 Å². The number of pyridine rings is 1. The Labute approximate surface area is 117 Å². The molecule has 1 N–H and O–H groups in total. The summed E-state index contributed by atoms with van der Waals surface area (Å²) >= 11 is 0. The van der Waals surface area contributed by atoms with Gasteiger partial charge in [-0.25, -0.2) is 4.79 Å². The third kappa shape index (κ3) is 4.72. The zero-order valence-electron chi connectivity index (χ0n) is 11.6. The first-order valence-electron chi connectivity index (χ1n) is 6.17. The maximum atomic E-state index is 11.9. The number of ether oxygens (including phenoxy) is 1. The molecule has 0 bridgehead atoms. The third-order valence-corrected chi connectivity index (χ3v) is 2.52. The topological polar surface area (TPSA) is 79.7 Å². The normalized spacial score (nSPS) is 9.90. The quantitative estimate of drug-likeness (QED) is 0.766. The number of hydrogen-bond donors (Lipinski definition) is 1. The van der Waals surface area contributed by atoms with E-state index in [9.17, 15) is 9.59 Å². The molecule has 1 amide bonds. The Morgan fingerprint density at radius 2 is 2.15 bits per heavy atom. The molecule has 0 saturated heterocycles. The van der Waals surface area contributed by atoms with E-state index < -0.39 is 5.97 Å². The average molecular weight is 278 g/mol. The van der Waals surface area contributed by atoms with Crippen LogP contribution in [0.25, 0.3) is 0 Å². The fraction of sp³-hybridized carbons (Fsp3) is 0.357. The summed E-state index contributed by atoms with van der Waals surface area (Å²) in [6.45, 7) is 8.35. The van der Waals surface area contributed by atoms with Gasteiger partial charge in [-0.2, -0.15) is 0 Å². The zero-order valence-corrected chi connectivity index (χ0v) is 11.6. The van der Waals surface area contributed by atoms with Gasteiger partial charge in [-0.1, -0.05) is 12.2 Å². The monoisotopic (exact) mass is 278 g/mol. The van der Waals surface area contributed by atoms with Gasteiger partial charge in [-0.05, 0) is 19.9 Å². The number of aromatic carboxylic acids is 1. The largest absolute Gasteiger partial charge is 0.482 e. The van der Waals surface area contributed by atoms with E-state index in [1.54, 1.807) is 4.90 Å². The molecule has 6 heteroatoms. The van der Waals surface area contributed by atoms with E-state index in [1.807, 2.05) is 13.8 Å². The van der Waals surface area contributed by atoms with Crippen LogP contribution in [0.15, 0.2) is 30.6 Å². The average Bonchev–Trinajstić information content (AvgIpc) is 2.42. The number of likely N-dealkylation sites (N-methyl/N-ethyl adjacent to an activating group) is 1. The summed E-state index contributed by atoms with van der Waals surface area (Å²) < 4.78 is 5.28. The summed E-state index contributed by atoms with van der Waals surface area (Å²) in [5, 5.41) is 8.83. The second kappa shape index (κ2) is 7.28. The molecule has 1 aromatic heterocycles. The third-order valence-electron chi connectivity index (χ3n) is 2.52. The van der Waals surface area contributed by atoms with E-state index in [0.29, 0.717) is 13.1 Å². The first kappa shape index (κ1) is 15.7. The van der Waals surface area contributed by atoms with Crippen LogP contribution in [0.2, 0.25) is 0 Å². The summed E-state index contributed by atoms with van der Waals surface area (Å²) in [6.07, 6.45) is 2.59. The van der Waals surface area contributed by atoms with Gasteiger partial charge in [0.05, 0.1) is 11.8 Å². The fourth-order valence-electron chi connectivity index (χ4n) is 1.55. The van der Waals surface area contributed by atoms with Crippen molar-refractivity contribution in [1.29, 1.82) is 0 Å². The Balaban J connectivity index is 2.62. The first-order valence-corrected chi connectivity index (χ1v) is 6.17. The molecule has 0 fully saturated rings. The van der Waals surface area contributed by atoms with Crippen LogP contribution in [-0.4, -0.2) is 46.6 Å². The molecule has 108 valence electrons. The van der Waals surface area contributed by atoms with Gasteiger partial charge in [-0.3, -0.25) is 9.78 Å². The maximum absolute atomic E-state index is 11.9. The van der Waals surface area contributed by atoms with Crippen LogP contribution < -0.4 is 4.74 Å². The molecule has 0 radical (unpaired) electrons. The van der Waals surface area contributed by atoms with Gasteiger partial charge in [0.1, 0.15) is 5.75 Å². The number of hydrogen-bond acceptors (Lipinski definition) is 4. The minimum Gasteiger partial charge on any atom is -0.482 e. The van der Waals surface area contributed by atoms with Crippen LogP contribution in [0.1, 0.15) is 24.2 Å². The minimum absolute atomic E-state index is 0.0178.